The Morgan fingerprint density at radius 2 is 2.10 bits per heavy atom. The van der Waals surface area contributed by atoms with Crippen LogP contribution in [0.4, 0.5) is 8.78 Å². The molecule has 0 aliphatic heterocycles. The summed E-state index contributed by atoms with van der Waals surface area (Å²) < 4.78 is 33.9. The molecule has 0 aliphatic rings. The molecule has 0 aliphatic carbocycles. The number of hydrogen-bond donors (Lipinski definition) is 1. The van der Waals surface area contributed by atoms with Crippen LogP contribution in [-0.4, -0.2) is 34.0 Å². The van der Waals surface area contributed by atoms with Crippen LogP contribution in [0.1, 0.15) is 15.2 Å². The number of aromatic nitrogens is 3. The average Bonchev–Trinajstić information content (AvgIpc) is 3.33. The molecule has 160 valence electrons. The molecule has 30 heavy (non-hydrogen) atoms. The number of esters is 1. The maximum atomic E-state index is 14.2. The lowest BCUT2D eigenvalue weighted by Gasteiger charge is -2.03. The molecule has 0 unspecified atom stereocenters. The van der Waals surface area contributed by atoms with Crippen molar-refractivity contribution in [1.82, 2.24) is 14.3 Å². The Balaban J connectivity index is 0.00000320. The van der Waals surface area contributed by atoms with Gasteiger partial charge < -0.3 is 10.5 Å². The molecule has 0 saturated carbocycles. The molecule has 0 spiro atoms. The molecule has 0 bridgehead atoms. The van der Waals surface area contributed by atoms with Crippen LogP contribution in [0, 0.1) is 5.82 Å². The predicted octanol–water partition coefficient (Wildman–Crippen LogP) is 2.98. The smallest absolute Gasteiger partial charge is 0.346 e. The lowest BCUT2D eigenvalue weighted by atomic mass is 10.1. The van der Waals surface area contributed by atoms with Crippen molar-refractivity contribution in [2.45, 2.75) is 13.1 Å². The number of halogens is 3. The second-order valence-corrected chi connectivity index (χ2v) is 7.29. The molecule has 3 aromatic rings. The summed E-state index contributed by atoms with van der Waals surface area (Å²) in [7, 11) is 1.19. The van der Waals surface area contributed by atoms with E-state index in [0.29, 0.717) is 11.9 Å². The standard InChI is InChI=1S/C19H18F2N4O3S.ClH/c1-28-18(26)15-4-2-13(6-16(15)21)17-5-3-14(29-17)10-24-11-23-25(19(24)27)9-12(7-20)8-22;/h2-7,11H,8-10,22H2,1H3;1H. The summed E-state index contributed by atoms with van der Waals surface area (Å²) in [6, 6.07) is 7.90. The minimum Gasteiger partial charge on any atom is -0.465 e. The van der Waals surface area contributed by atoms with E-state index in [2.05, 4.69) is 9.84 Å². The minimum absolute atomic E-state index is 0. The first-order valence-electron chi connectivity index (χ1n) is 8.54. The van der Waals surface area contributed by atoms with Crippen molar-refractivity contribution in [3.63, 3.8) is 0 Å². The monoisotopic (exact) mass is 456 g/mol. The number of rotatable bonds is 7. The van der Waals surface area contributed by atoms with Crippen LogP contribution in [-0.2, 0) is 17.8 Å². The fraction of sp³-hybridized carbons (Fsp3) is 0.211. The topological polar surface area (TPSA) is 92.1 Å². The zero-order valence-corrected chi connectivity index (χ0v) is 17.5. The maximum Gasteiger partial charge on any atom is 0.346 e. The van der Waals surface area contributed by atoms with Gasteiger partial charge in [0.15, 0.2) is 0 Å². The van der Waals surface area contributed by atoms with Gasteiger partial charge in [0, 0.05) is 16.3 Å². The van der Waals surface area contributed by atoms with Gasteiger partial charge in [-0.1, -0.05) is 6.07 Å². The van der Waals surface area contributed by atoms with Gasteiger partial charge in [-0.05, 0) is 35.4 Å². The van der Waals surface area contributed by atoms with E-state index in [0.717, 1.165) is 14.4 Å². The van der Waals surface area contributed by atoms with E-state index in [1.165, 1.54) is 41.5 Å². The van der Waals surface area contributed by atoms with Crippen LogP contribution in [0.15, 0.2) is 53.4 Å². The molecule has 0 radical (unpaired) electrons. The third-order valence-corrected chi connectivity index (χ3v) is 5.33. The summed E-state index contributed by atoms with van der Waals surface area (Å²) in [5.74, 6) is -1.41. The Morgan fingerprint density at radius 3 is 2.73 bits per heavy atom. The summed E-state index contributed by atoms with van der Waals surface area (Å²) >= 11 is 1.38. The summed E-state index contributed by atoms with van der Waals surface area (Å²) in [5, 5.41) is 3.97. The van der Waals surface area contributed by atoms with Gasteiger partial charge in [-0.3, -0.25) is 4.57 Å². The van der Waals surface area contributed by atoms with Crippen molar-refractivity contribution in [2.75, 3.05) is 13.7 Å². The minimum atomic E-state index is -0.738. The molecular formula is C19H19ClF2N4O3S. The van der Waals surface area contributed by atoms with Gasteiger partial charge in [-0.2, -0.15) is 5.10 Å². The van der Waals surface area contributed by atoms with Gasteiger partial charge in [-0.15, -0.1) is 23.7 Å². The number of carbonyl (C=O) groups is 1. The largest absolute Gasteiger partial charge is 0.465 e. The van der Waals surface area contributed by atoms with E-state index in [-0.39, 0.29) is 48.9 Å². The number of thiophene rings is 1. The predicted molar refractivity (Wildman–Crippen MR) is 112 cm³/mol. The first-order valence-corrected chi connectivity index (χ1v) is 9.35. The van der Waals surface area contributed by atoms with Gasteiger partial charge in [0.05, 0.1) is 32.1 Å². The second-order valence-electron chi connectivity index (χ2n) is 6.12. The van der Waals surface area contributed by atoms with Crippen LogP contribution in [0.2, 0.25) is 0 Å². The van der Waals surface area contributed by atoms with Gasteiger partial charge >= 0.3 is 11.7 Å². The molecule has 2 N–H and O–H groups in total. The third kappa shape index (κ3) is 5.02. The Morgan fingerprint density at radius 1 is 1.33 bits per heavy atom. The van der Waals surface area contributed by atoms with Crippen LogP contribution < -0.4 is 11.4 Å². The highest BCUT2D eigenvalue weighted by molar-refractivity contribution is 7.15. The summed E-state index contributed by atoms with van der Waals surface area (Å²) in [6.45, 7) is 0.249. The molecule has 2 aromatic heterocycles. The number of ether oxygens (including phenoxy) is 1. The van der Waals surface area contributed by atoms with Crippen molar-refractivity contribution in [3.8, 4) is 10.4 Å². The number of methoxy groups -OCH3 is 1. The molecule has 0 fully saturated rings. The highest BCUT2D eigenvalue weighted by Gasteiger charge is 2.14. The quantitative estimate of drug-likeness (QED) is 0.552. The van der Waals surface area contributed by atoms with Crippen LogP contribution in [0.25, 0.3) is 10.4 Å². The lowest BCUT2D eigenvalue weighted by Crippen LogP contribution is -2.26. The van der Waals surface area contributed by atoms with Gasteiger partial charge in [-0.25, -0.2) is 23.1 Å². The molecule has 0 saturated heterocycles. The molecule has 0 atom stereocenters. The van der Waals surface area contributed by atoms with Gasteiger partial charge in [0.1, 0.15) is 12.1 Å². The Bertz CT molecular complexity index is 1120. The highest BCUT2D eigenvalue weighted by Crippen LogP contribution is 2.29. The SMILES string of the molecule is COC(=O)c1ccc(-c2ccc(Cn3cnn(CC(=CF)CN)c3=O)s2)cc1F.Cl. The number of hydrogen-bond acceptors (Lipinski definition) is 6. The Labute approximate surface area is 180 Å². The zero-order chi connectivity index (χ0) is 21.0. The van der Waals surface area contributed by atoms with E-state index < -0.39 is 11.8 Å². The van der Waals surface area contributed by atoms with Crippen molar-refractivity contribution in [2.24, 2.45) is 5.73 Å². The first kappa shape index (κ1) is 23.5. The van der Waals surface area contributed by atoms with E-state index in [1.807, 2.05) is 6.07 Å². The Hall–Kier alpha value is -2.82. The summed E-state index contributed by atoms with van der Waals surface area (Å²) in [4.78, 5) is 25.5. The normalized spacial score (nSPS) is 11.3. The summed E-state index contributed by atoms with van der Waals surface area (Å²) in [5.41, 5.74) is 5.75. The van der Waals surface area contributed by atoms with E-state index >= 15 is 0 Å². The summed E-state index contributed by atoms with van der Waals surface area (Å²) in [6.07, 6.45) is 1.75. The number of nitrogens with zero attached hydrogens (tertiary/aromatic N) is 3. The van der Waals surface area contributed by atoms with Crippen LogP contribution in [0.3, 0.4) is 0 Å². The Kier molecular flexibility index (Phi) is 8.04. The van der Waals surface area contributed by atoms with Gasteiger partial charge in [0.2, 0.25) is 0 Å². The van der Waals surface area contributed by atoms with Crippen molar-refractivity contribution in [3.05, 3.63) is 75.3 Å². The van der Waals surface area contributed by atoms with Crippen molar-refractivity contribution >= 4 is 29.7 Å². The molecule has 1 aromatic carbocycles. The first-order chi connectivity index (χ1) is 14.0. The average molecular weight is 457 g/mol. The molecule has 7 nitrogen and oxygen atoms in total. The fourth-order valence-corrected chi connectivity index (χ4v) is 3.66. The number of nitrogens with two attached hydrogens (primary N) is 1. The van der Waals surface area contributed by atoms with E-state index in [4.69, 9.17) is 5.73 Å². The number of carbonyl (C=O) groups excluding carboxylic acids is 1. The zero-order valence-electron chi connectivity index (χ0n) is 15.9. The van der Waals surface area contributed by atoms with E-state index in [1.54, 1.807) is 12.1 Å². The second kappa shape index (κ2) is 10.3. The van der Waals surface area contributed by atoms with Crippen molar-refractivity contribution in [1.29, 1.82) is 0 Å². The van der Waals surface area contributed by atoms with Crippen LogP contribution >= 0.6 is 23.7 Å². The maximum absolute atomic E-state index is 14.2. The highest BCUT2D eigenvalue weighted by atomic mass is 35.5. The lowest BCUT2D eigenvalue weighted by molar-refractivity contribution is 0.0595. The molecular weight excluding hydrogens is 438 g/mol. The molecule has 2 heterocycles. The van der Waals surface area contributed by atoms with Crippen LogP contribution in [0.5, 0.6) is 0 Å². The molecule has 11 heteroatoms. The fourth-order valence-electron chi connectivity index (χ4n) is 2.65. The molecule has 0 amide bonds. The molecule has 3 rings (SSSR count). The van der Waals surface area contributed by atoms with Gasteiger partial charge in [0.25, 0.3) is 0 Å². The number of benzene rings is 1. The third-order valence-electron chi connectivity index (χ3n) is 4.21. The van der Waals surface area contributed by atoms with Crippen molar-refractivity contribution < 1.29 is 18.3 Å². The van der Waals surface area contributed by atoms with E-state index in [9.17, 15) is 18.4 Å².